The summed E-state index contributed by atoms with van der Waals surface area (Å²) >= 11 is 3.30. The Bertz CT molecular complexity index is 372. The molecule has 0 radical (unpaired) electrons. The molecule has 0 amide bonds. The molecule has 0 aliphatic rings. The van der Waals surface area contributed by atoms with Gasteiger partial charge >= 0.3 is 0 Å². The van der Waals surface area contributed by atoms with Gasteiger partial charge in [0.25, 0.3) is 0 Å². The summed E-state index contributed by atoms with van der Waals surface area (Å²) in [5.41, 5.74) is 1.09. The molecular weight excluding hydrogens is 254 g/mol. The number of rotatable bonds is 3. The van der Waals surface area contributed by atoms with E-state index in [1.807, 2.05) is 0 Å². The molecular formula is C8H10BrNO2S. The maximum Gasteiger partial charge on any atom is 0.238 e. The van der Waals surface area contributed by atoms with E-state index in [4.69, 9.17) is 5.14 Å². The standard InChI is InChI=1S/C8H10BrNO2S/c9-6-5-7-1-3-8(4-2-7)13(10,11)12/h1-4H,5-6H2,(H2,10,11,12). The van der Waals surface area contributed by atoms with E-state index in [0.717, 1.165) is 17.3 Å². The number of sulfonamides is 1. The summed E-state index contributed by atoms with van der Waals surface area (Å²) in [7, 11) is -3.55. The SMILES string of the molecule is NS(=O)(=O)c1ccc(CCBr)cc1. The summed E-state index contributed by atoms with van der Waals surface area (Å²) in [6, 6.07) is 6.57. The molecule has 0 aliphatic carbocycles. The van der Waals surface area contributed by atoms with Crippen LogP contribution in [0, 0.1) is 0 Å². The second-order valence-corrected chi connectivity index (χ2v) is 4.98. The van der Waals surface area contributed by atoms with Crippen LogP contribution in [0.3, 0.4) is 0 Å². The minimum atomic E-state index is -3.55. The zero-order valence-corrected chi connectivity index (χ0v) is 9.31. The summed E-state index contributed by atoms with van der Waals surface area (Å²) in [5.74, 6) is 0. The van der Waals surface area contributed by atoms with Gasteiger partial charge in [0.15, 0.2) is 0 Å². The lowest BCUT2D eigenvalue weighted by atomic mass is 10.2. The number of primary sulfonamides is 1. The normalized spacial score (nSPS) is 11.5. The number of aryl methyl sites for hydroxylation is 1. The first-order valence-corrected chi connectivity index (χ1v) is 6.38. The van der Waals surface area contributed by atoms with Gasteiger partial charge in [-0.25, -0.2) is 13.6 Å². The molecule has 0 spiro atoms. The minimum Gasteiger partial charge on any atom is -0.225 e. The number of halogens is 1. The number of alkyl halides is 1. The van der Waals surface area contributed by atoms with Gasteiger partial charge in [0, 0.05) is 5.33 Å². The Kier molecular flexibility index (Phi) is 3.47. The molecule has 0 heterocycles. The van der Waals surface area contributed by atoms with Crippen molar-refractivity contribution in [2.75, 3.05) is 5.33 Å². The van der Waals surface area contributed by atoms with Gasteiger partial charge in [0.2, 0.25) is 10.0 Å². The van der Waals surface area contributed by atoms with Gasteiger partial charge in [-0.05, 0) is 24.1 Å². The van der Waals surface area contributed by atoms with Crippen molar-refractivity contribution in [3.05, 3.63) is 29.8 Å². The van der Waals surface area contributed by atoms with Gasteiger partial charge < -0.3 is 0 Å². The van der Waals surface area contributed by atoms with Crippen LogP contribution in [0.15, 0.2) is 29.2 Å². The highest BCUT2D eigenvalue weighted by Gasteiger charge is 2.05. The van der Waals surface area contributed by atoms with Crippen molar-refractivity contribution in [3.8, 4) is 0 Å². The molecule has 0 aromatic heterocycles. The third-order valence-corrected chi connectivity index (χ3v) is 2.96. The van der Waals surface area contributed by atoms with Gasteiger partial charge in [0.1, 0.15) is 0 Å². The molecule has 3 nitrogen and oxygen atoms in total. The topological polar surface area (TPSA) is 60.2 Å². The molecule has 0 aliphatic heterocycles. The van der Waals surface area contributed by atoms with E-state index in [2.05, 4.69) is 15.9 Å². The highest BCUT2D eigenvalue weighted by atomic mass is 79.9. The van der Waals surface area contributed by atoms with Crippen molar-refractivity contribution in [3.63, 3.8) is 0 Å². The number of hydrogen-bond acceptors (Lipinski definition) is 2. The van der Waals surface area contributed by atoms with Crippen LogP contribution in [0.2, 0.25) is 0 Å². The molecule has 0 bridgehead atoms. The zero-order chi connectivity index (χ0) is 9.90. The molecule has 0 saturated heterocycles. The quantitative estimate of drug-likeness (QED) is 0.836. The van der Waals surface area contributed by atoms with E-state index in [1.54, 1.807) is 12.1 Å². The summed E-state index contributed by atoms with van der Waals surface area (Å²) in [5, 5.41) is 5.81. The first kappa shape index (κ1) is 10.7. The summed E-state index contributed by atoms with van der Waals surface area (Å²) in [6.45, 7) is 0. The molecule has 1 aromatic carbocycles. The second-order valence-electron chi connectivity index (χ2n) is 2.63. The third-order valence-electron chi connectivity index (χ3n) is 1.64. The van der Waals surface area contributed by atoms with Gasteiger partial charge in [-0.1, -0.05) is 28.1 Å². The third kappa shape index (κ3) is 3.10. The van der Waals surface area contributed by atoms with Crippen molar-refractivity contribution in [2.45, 2.75) is 11.3 Å². The van der Waals surface area contributed by atoms with E-state index >= 15 is 0 Å². The number of hydrogen-bond donors (Lipinski definition) is 1. The first-order chi connectivity index (χ1) is 6.04. The molecule has 0 atom stereocenters. The first-order valence-electron chi connectivity index (χ1n) is 3.72. The molecule has 1 rings (SSSR count). The van der Waals surface area contributed by atoms with Crippen molar-refractivity contribution in [2.24, 2.45) is 5.14 Å². The van der Waals surface area contributed by atoms with E-state index in [0.29, 0.717) is 0 Å². The fraction of sp³-hybridized carbons (Fsp3) is 0.250. The molecule has 0 fully saturated rings. The van der Waals surface area contributed by atoms with Gasteiger partial charge in [-0.3, -0.25) is 0 Å². The smallest absolute Gasteiger partial charge is 0.225 e. The van der Waals surface area contributed by atoms with E-state index in [9.17, 15) is 8.42 Å². The van der Waals surface area contributed by atoms with Crippen molar-refractivity contribution >= 4 is 26.0 Å². The Labute approximate surface area is 86.1 Å². The lowest BCUT2D eigenvalue weighted by Gasteiger charge is -2.00. The average molecular weight is 264 g/mol. The Morgan fingerprint density at radius 1 is 1.23 bits per heavy atom. The number of benzene rings is 1. The minimum absolute atomic E-state index is 0.158. The largest absolute Gasteiger partial charge is 0.238 e. The molecule has 2 N–H and O–H groups in total. The molecule has 0 saturated carbocycles. The molecule has 72 valence electrons. The second kappa shape index (κ2) is 4.21. The van der Waals surface area contributed by atoms with Crippen molar-refractivity contribution in [1.29, 1.82) is 0 Å². The summed E-state index contributed by atoms with van der Waals surface area (Å²) in [6.07, 6.45) is 0.880. The predicted octanol–water partition coefficient (Wildman–Crippen LogP) is 1.27. The molecule has 1 aromatic rings. The number of nitrogens with two attached hydrogens (primary N) is 1. The lowest BCUT2D eigenvalue weighted by Crippen LogP contribution is -2.11. The van der Waals surface area contributed by atoms with Crippen LogP contribution < -0.4 is 5.14 Å². The average Bonchev–Trinajstić information content (AvgIpc) is 2.04. The van der Waals surface area contributed by atoms with Gasteiger partial charge in [-0.15, -0.1) is 0 Å². The van der Waals surface area contributed by atoms with Crippen LogP contribution in [0.1, 0.15) is 5.56 Å². The lowest BCUT2D eigenvalue weighted by molar-refractivity contribution is 0.598. The molecule has 0 unspecified atom stereocenters. The van der Waals surface area contributed by atoms with Crippen LogP contribution in [-0.2, 0) is 16.4 Å². The van der Waals surface area contributed by atoms with E-state index < -0.39 is 10.0 Å². The fourth-order valence-electron chi connectivity index (χ4n) is 0.955. The Hall–Kier alpha value is -0.390. The highest BCUT2D eigenvalue weighted by molar-refractivity contribution is 9.09. The predicted molar refractivity (Wildman–Crippen MR) is 55.3 cm³/mol. The van der Waals surface area contributed by atoms with Crippen LogP contribution in [-0.4, -0.2) is 13.7 Å². The summed E-state index contributed by atoms with van der Waals surface area (Å²) < 4.78 is 21.7. The van der Waals surface area contributed by atoms with Crippen LogP contribution >= 0.6 is 15.9 Å². The fourth-order valence-corrected chi connectivity index (χ4v) is 1.93. The molecule has 5 heteroatoms. The van der Waals surface area contributed by atoms with E-state index in [1.165, 1.54) is 12.1 Å². The van der Waals surface area contributed by atoms with Crippen LogP contribution in [0.4, 0.5) is 0 Å². The maximum atomic E-state index is 10.9. The Morgan fingerprint density at radius 3 is 2.15 bits per heavy atom. The zero-order valence-electron chi connectivity index (χ0n) is 6.90. The monoisotopic (exact) mass is 263 g/mol. The van der Waals surface area contributed by atoms with E-state index in [-0.39, 0.29) is 4.90 Å². The summed E-state index contributed by atoms with van der Waals surface area (Å²) in [4.78, 5) is 0.158. The maximum absolute atomic E-state index is 10.9. The highest BCUT2D eigenvalue weighted by Crippen LogP contribution is 2.09. The van der Waals surface area contributed by atoms with Crippen molar-refractivity contribution < 1.29 is 8.42 Å². The Balaban J connectivity index is 2.94. The Morgan fingerprint density at radius 2 is 1.77 bits per heavy atom. The van der Waals surface area contributed by atoms with Crippen molar-refractivity contribution in [1.82, 2.24) is 0 Å². The van der Waals surface area contributed by atoms with Crippen LogP contribution in [0.25, 0.3) is 0 Å². The van der Waals surface area contributed by atoms with Gasteiger partial charge in [-0.2, -0.15) is 0 Å². The van der Waals surface area contributed by atoms with Gasteiger partial charge in [0.05, 0.1) is 4.90 Å². The van der Waals surface area contributed by atoms with Crippen LogP contribution in [0.5, 0.6) is 0 Å². The molecule has 13 heavy (non-hydrogen) atoms.